The molecule has 1 fully saturated rings. The normalized spacial score (nSPS) is 20.1. The van der Waals surface area contributed by atoms with Crippen molar-refractivity contribution in [1.82, 2.24) is 9.88 Å². The molecule has 2 aromatic carbocycles. The van der Waals surface area contributed by atoms with Crippen LogP contribution in [-0.4, -0.2) is 46.8 Å². The van der Waals surface area contributed by atoms with Gasteiger partial charge in [0.2, 0.25) is 5.72 Å². The van der Waals surface area contributed by atoms with Crippen molar-refractivity contribution in [3.05, 3.63) is 89.9 Å². The van der Waals surface area contributed by atoms with Crippen LogP contribution in [0.2, 0.25) is 0 Å². The van der Waals surface area contributed by atoms with Crippen molar-refractivity contribution < 1.29 is 19.1 Å². The van der Waals surface area contributed by atoms with Crippen molar-refractivity contribution in [2.24, 2.45) is 5.16 Å². The number of methoxy groups -OCH3 is 1. The van der Waals surface area contributed by atoms with Crippen molar-refractivity contribution in [2.45, 2.75) is 25.5 Å². The Balaban J connectivity index is 0.000000336. The molecule has 2 aliphatic heterocycles. The largest absolute Gasteiger partial charge is 0.496 e. The van der Waals surface area contributed by atoms with Crippen molar-refractivity contribution in [3.8, 4) is 17.0 Å². The lowest BCUT2D eigenvalue weighted by atomic mass is 9.97. The molecular weight excluding hydrogens is 433 g/mol. The average molecular weight is 462 g/mol. The topological polar surface area (TPSA) is 67.2 Å². The van der Waals surface area contributed by atoms with E-state index in [0.717, 1.165) is 53.4 Å². The molecule has 176 valence electrons. The Morgan fingerprint density at radius 1 is 1.15 bits per heavy atom. The fourth-order valence-electron chi connectivity index (χ4n) is 3.98. The number of ether oxygens (including phenoxy) is 1. The molecule has 0 amide bonds. The van der Waals surface area contributed by atoms with E-state index in [4.69, 9.17) is 9.57 Å². The Morgan fingerprint density at radius 2 is 1.94 bits per heavy atom. The van der Waals surface area contributed by atoms with E-state index < -0.39 is 5.72 Å². The summed E-state index contributed by atoms with van der Waals surface area (Å²) in [7, 11) is 1.67. The van der Waals surface area contributed by atoms with Crippen LogP contribution in [-0.2, 0) is 4.84 Å². The van der Waals surface area contributed by atoms with Crippen LogP contribution in [0.1, 0.15) is 25.3 Å². The van der Waals surface area contributed by atoms with E-state index in [1.807, 2.05) is 42.2 Å². The van der Waals surface area contributed by atoms with E-state index in [0.29, 0.717) is 0 Å². The minimum atomic E-state index is -0.768. The van der Waals surface area contributed by atoms with Crippen LogP contribution in [0.5, 0.6) is 5.75 Å². The molecule has 6 nitrogen and oxygen atoms in total. The van der Waals surface area contributed by atoms with Crippen molar-refractivity contribution >= 4 is 11.9 Å². The van der Waals surface area contributed by atoms with Gasteiger partial charge in [-0.05, 0) is 73.4 Å². The lowest BCUT2D eigenvalue weighted by Gasteiger charge is -2.36. The second-order valence-electron chi connectivity index (χ2n) is 8.23. The SMILES string of the molecule is COc1cc(/C=C2\CCCN3C2=NOC3(C)CO)ccc1-c1ccccn1.Fc1ccccc1. The van der Waals surface area contributed by atoms with Gasteiger partial charge in [0.15, 0.2) is 5.84 Å². The molecule has 0 saturated carbocycles. The summed E-state index contributed by atoms with van der Waals surface area (Å²) in [6, 6.07) is 19.9. The van der Waals surface area contributed by atoms with E-state index in [1.165, 1.54) is 12.1 Å². The number of piperidine rings is 1. The summed E-state index contributed by atoms with van der Waals surface area (Å²) in [4.78, 5) is 12.0. The summed E-state index contributed by atoms with van der Waals surface area (Å²) in [5, 5.41) is 13.9. The number of amidine groups is 1. The summed E-state index contributed by atoms with van der Waals surface area (Å²) >= 11 is 0. The Bertz CT molecular complexity index is 1170. The minimum Gasteiger partial charge on any atom is -0.496 e. The number of halogens is 1. The monoisotopic (exact) mass is 461 g/mol. The van der Waals surface area contributed by atoms with Crippen LogP contribution < -0.4 is 4.74 Å². The summed E-state index contributed by atoms with van der Waals surface area (Å²) in [6.45, 7) is 2.59. The maximum absolute atomic E-state index is 11.9. The van der Waals surface area contributed by atoms with Gasteiger partial charge in [-0.3, -0.25) is 4.98 Å². The first-order valence-corrected chi connectivity index (χ1v) is 11.2. The second-order valence-corrected chi connectivity index (χ2v) is 8.23. The highest BCUT2D eigenvalue weighted by Gasteiger charge is 2.43. The smallest absolute Gasteiger partial charge is 0.231 e. The van der Waals surface area contributed by atoms with Crippen LogP contribution in [0.3, 0.4) is 0 Å². The van der Waals surface area contributed by atoms with Crippen LogP contribution in [0, 0.1) is 5.82 Å². The summed E-state index contributed by atoms with van der Waals surface area (Å²) < 4.78 is 17.5. The number of hydrogen-bond donors (Lipinski definition) is 1. The highest BCUT2D eigenvalue weighted by molar-refractivity contribution is 6.03. The number of fused-ring (bicyclic) bond motifs is 1. The maximum atomic E-state index is 11.9. The number of pyridine rings is 1. The fourth-order valence-corrected chi connectivity index (χ4v) is 3.98. The summed E-state index contributed by atoms with van der Waals surface area (Å²) in [6.07, 6.45) is 5.80. The highest BCUT2D eigenvalue weighted by Crippen LogP contribution is 2.34. The number of hydrogen-bond acceptors (Lipinski definition) is 6. The molecule has 1 N–H and O–H groups in total. The number of rotatable bonds is 4. The molecular formula is C27H28FN3O3. The van der Waals surface area contributed by atoms with Crippen molar-refractivity contribution in [3.63, 3.8) is 0 Å². The van der Waals surface area contributed by atoms with Gasteiger partial charge in [0.05, 0.1) is 12.8 Å². The summed E-state index contributed by atoms with van der Waals surface area (Å²) in [5.41, 5.74) is 3.20. The predicted molar refractivity (Wildman–Crippen MR) is 131 cm³/mol. The molecule has 0 spiro atoms. The fraction of sp³-hybridized carbons (Fsp3) is 0.259. The minimum absolute atomic E-state index is 0.0973. The first-order valence-electron chi connectivity index (χ1n) is 11.2. The van der Waals surface area contributed by atoms with E-state index in [-0.39, 0.29) is 12.4 Å². The molecule has 0 aliphatic carbocycles. The molecule has 0 bridgehead atoms. The summed E-state index contributed by atoms with van der Waals surface area (Å²) in [5.74, 6) is 1.41. The van der Waals surface area contributed by atoms with Crippen molar-refractivity contribution in [1.29, 1.82) is 0 Å². The van der Waals surface area contributed by atoms with Gasteiger partial charge >= 0.3 is 0 Å². The lowest BCUT2D eigenvalue weighted by molar-refractivity contribution is -0.116. The van der Waals surface area contributed by atoms with Gasteiger partial charge in [0.25, 0.3) is 0 Å². The third-order valence-corrected chi connectivity index (χ3v) is 5.80. The molecule has 3 aromatic rings. The standard InChI is InChI=1S/C21H23N3O3.C6H5F/c1-21(14-25)24-11-5-6-16(20(24)23-27-21)12-15-8-9-17(19(13-15)26-2)18-7-3-4-10-22-18;7-6-4-2-1-3-5-6/h3-4,7-10,12-13,25H,5-6,11,14H2,1-2H3;1-5H/b16-12+;. The predicted octanol–water partition coefficient (Wildman–Crippen LogP) is 5.11. The number of aliphatic hydroxyl groups excluding tert-OH is 1. The lowest BCUT2D eigenvalue weighted by Crippen LogP contribution is -2.51. The van der Waals surface area contributed by atoms with Gasteiger partial charge in [-0.25, -0.2) is 4.39 Å². The molecule has 34 heavy (non-hydrogen) atoms. The van der Waals surface area contributed by atoms with Crippen LogP contribution in [0.4, 0.5) is 4.39 Å². The van der Waals surface area contributed by atoms with E-state index >= 15 is 0 Å². The number of nitrogens with zero attached hydrogens (tertiary/aromatic N) is 3. The van der Waals surface area contributed by atoms with E-state index in [1.54, 1.807) is 31.5 Å². The molecule has 0 radical (unpaired) electrons. The molecule has 1 atom stereocenters. The second kappa shape index (κ2) is 10.5. The molecule has 3 heterocycles. The molecule has 5 rings (SSSR count). The quantitative estimate of drug-likeness (QED) is 0.585. The Labute approximate surface area is 199 Å². The van der Waals surface area contributed by atoms with Gasteiger partial charge in [0, 0.05) is 18.3 Å². The van der Waals surface area contributed by atoms with Gasteiger partial charge < -0.3 is 19.6 Å². The van der Waals surface area contributed by atoms with Gasteiger partial charge in [-0.1, -0.05) is 35.5 Å². The zero-order valence-electron chi connectivity index (χ0n) is 19.3. The third kappa shape index (κ3) is 5.10. The molecule has 1 aromatic heterocycles. The Morgan fingerprint density at radius 3 is 2.59 bits per heavy atom. The van der Waals surface area contributed by atoms with Crippen molar-refractivity contribution in [2.75, 3.05) is 20.3 Å². The number of benzene rings is 2. The number of aliphatic hydroxyl groups is 1. The zero-order chi connectivity index (χ0) is 24.0. The third-order valence-electron chi connectivity index (χ3n) is 5.80. The van der Waals surface area contributed by atoms with Gasteiger partial charge in [-0.2, -0.15) is 0 Å². The first kappa shape index (κ1) is 23.4. The number of oxime groups is 1. The zero-order valence-corrected chi connectivity index (χ0v) is 19.3. The maximum Gasteiger partial charge on any atom is 0.231 e. The van der Waals surface area contributed by atoms with Gasteiger partial charge in [-0.15, -0.1) is 0 Å². The molecule has 1 saturated heterocycles. The Hall–Kier alpha value is -3.71. The molecule has 7 heteroatoms. The van der Waals surface area contributed by atoms with Gasteiger partial charge in [0.1, 0.15) is 18.2 Å². The Kier molecular flexibility index (Phi) is 7.23. The highest BCUT2D eigenvalue weighted by atomic mass is 19.1. The first-order chi connectivity index (χ1) is 16.5. The molecule has 1 unspecified atom stereocenters. The van der Waals surface area contributed by atoms with Crippen LogP contribution >= 0.6 is 0 Å². The van der Waals surface area contributed by atoms with E-state index in [9.17, 15) is 9.50 Å². The average Bonchev–Trinajstić information content (AvgIpc) is 3.23. The molecule has 2 aliphatic rings. The van der Waals surface area contributed by atoms with Crippen LogP contribution in [0.25, 0.3) is 17.3 Å². The van der Waals surface area contributed by atoms with E-state index in [2.05, 4.69) is 22.3 Å². The van der Waals surface area contributed by atoms with Crippen LogP contribution in [0.15, 0.2) is 83.7 Å². The number of aromatic nitrogens is 1.